The maximum absolute atomic E-state index is 12.5. The summed E-state index contributed by atoms with van der Waals surface area (Å²) in [4.78, 5) is 24.8. The number of ether oxygens (including phenoxy) is 1. The highest BCUT2D eigenvalue weighted by atomic mass is 16.6. The predicted octanol–water partition coefficient (Wildman–Crippen LogP) is 4.01. The molecule has 1 amide bonds. The summed E-state index contributed by atoms with van der Waals surface area (Å²) >= 11 is 0. The van der Waals surface area contributed by atoms with E-state index < -0.39 is 0 Å². The molecule has 0 radical (unpaired) electrons. The van der Waals surface area contributed by atoms with Crippen molar-refractivity contribution in [2.75, 3.05) is 36.5 Å². The number of hydrogen-bond donors (Lipinski definition) is 0. The number of carbonyl (C=O) groups is 1. The molecule has 0 aliphatic carbocycles. The van der Waals surface area contributed by atoms with E-state index >= 15 is 0 Å². The Labute approximate surface area is 171 Å². The first-order chi connectivity index (χ1) is 14.2. The molecule has 150 valence electrons. The molecule has 1 aromatic heterocycles. The number of fused-ring (bicyclic) bond motifs is 1. The van der Waals surface area contributed by atoms with E-state index in [2.05, 4.69) is 33.1 Å². The molecule has 0 fully saturated rings. The van der Waals surface area contributed by atoms with Crippen molar-refractivity contribution in [3.8, 4) is 0 Å². The van der Waals surface area contributed by atoms with Gasteiger partial charge in [-0.05, 0) is 54.7 Å². The van der Waals surface area contributed by atoms with Crippen LogP contribution in [0.3, 0.4) is 0 Å². The van der Waals surface area contributed by atoms with Gasteiger partial charge in [0, 0.05) is 50.0 Å². The molecule has 3 heterocycles. The minimum absolute atomic E-state index is 0.327. The van der Waals surface area contributed by atoms with Gasteiger partial charge in [0.1, 0.15) is 0 Å². The Hall–Kier alpha value is -3.15. The number of pyridine rings is 1. The van der Waals surface area contributed by atoms with Crippen LogP contribution in [0.1, 0.15) is 24.0 Å². The summed E-state index contributed by atoms with van der Waals surface area (Å²) in [5.41, 5.74) is 5.66. The third-order valence-corrected chi connectivity index (χ3v) is 5.38. The highest BCUT2D eigenvalue weighted by molar-refractivity contribution is 5.88. The molecular formula is C23H26N4O2. The van der Waals surface area contributed by atoms with Crippen molar-refractivity contribution in [1.29, 1.82) is 0 Å². The summed E-state index contributed by atoms with van der Waals surface area (Å²) in [5.74, 6) is 0. The second kappa shape index (κ2) is 8.90. The van der Waals surface area contributed by atoms with Gasteiger partial charge in [-0.25, -0.2) is 4.79 Å². The summed E-state index contributed by atoms with van der Waals surface area (Å²) in [6.45, 7) is 2.19. The van der Waals surface area contributed by atoms with Gasteiger partial charge in [-0.1, -0.05) is 12.1 Å². The van der Waals surface area contributed by atoms with Crippen LogP contribution in [0.5, 0.6) is 0 Å². The Morgan fingerprint density at radius 1 is 1.24 bits per heavy atom. The van der Waals surface area contributed by atoms with Gasteiger partial charge < -0.3 is 9.64 Å². The molecule has 0 spiro atoms. The molecule has 0 atom stereocenters. The fraction of sp³-hybridized carbons (Fsp3) is 0.348. The average Bonchev–Trinajstić information content (AvgIpc) is 3.41. The largest absolute Gasteiger partial charge is 0.449 e. The van der Waals surface area contributed by atoms with Gasteiger partial charge in [-0.3, -0.25) is 14.9 Å². The van der Waals surface area contributed by atoms with E-state index in [0.717, 1.165) is 50.2 Å². The second-order valence-corrected chi connectivity index (χ2v) is 7.36. The molecule has 6 nitrogen and oxygen atoms in total. The van der Waals surface area contributed by atoms with Crippen molar-refractivity contribution in [3.63, 3.8) is 0 Å². The molecule has 2 aliphatic heterocycles. The molecule has 0 saturated carbocycles. The van der Waals surface area contributed by atoms with E-state index in [1.54, 1.807) is 24.3 Å². The van der Waals surface area contributed by atoms with Crippen LogP contribution in [0.4, 0.5) is 16.2 Å². The van der Waals surface area contributed by atoms with Crippen molar-refractivity contribution in [2.24, 2.45) is 4.99 Å². The highest BCUT2D eigenvalue weighted by Gasteiger charge is 2.22. The number of carbonyl (C=O) groups excluding carboxylic acids is 1. The molecule has 29 heavy (non-hydrogen) atoms. The van der Waals surface area contributed by atoms with Crippen LogP contribution in [-0.4, -0.2) is 44.0 Å². The first-order valence-corrected chi connectivity index (χ1v) is 10.1. The first kappa shape index (κ1) is 19.2. The molecule has 2 aromatic rings. The van der Waals surface area contributed by atoms with Crippen LogP contribution in [0.2, 0.25) is 0 Å². The molecule has 0 saturated heterocycles. The number of rotatable bonds is 7. The Balaban J connectivity index is 1.33. The Morgan fingerprint density at radius 2 is 2.10 bits per heavy atom. The quantitative estimate of drug-likeness (QED) is 0.671. The standard InChI is InChI=1S/C23H26N4O2/c1-26(23(28)29-15-3-4-18-8-12-24-13-9-18)21-7-6-19-10-14-27(22(19)16-21)17-20-5-2-11-25-20/h5-9,11-13,16H,2-4,10,14-15,17H2,1H3. The first-order valence-electron chi connectivity index (χ1n) is 10.1. The fourth-order valence-corrected chi connectivity index (χ4v) is 3.71. The third-order valence-electron chi connectivity index (χ3n) is 5.38. The highest BCUT2D eigenvalue weighted by Crippen LogP contribution is 2.33. The van der Waals surface area contributed by atoms with E-state index in [9.17, 15) is 4.79 Å². The molecular weight excluding hydrogens is 364 g/mol. The summed E-state index contributed by atoms with van der Waals surface area (Å²) in [7, 11) is 1.76. The minimum Gasteiger partial charge on any atom is -0.449 e. The number of amides is 1. The summed E-state index contributed by atoms with van der Waals surface area (Å²) < 4.78 is 5.46. The van der Waals surface area contributed by atoms with Crippen molar-refractivity contribution in [3.05, 3.63) is 65.6 Å². The molecule has 0 unspecified atom stereocenters. The third kappa shape index (κ3) is 4.65. The maximum Gasteiger partial charge on any atom is 0.414 e. The van der Waals surface area contributed by atoms with Crippen LogP contribution >= 0.6 is 0 Å². The van der Waals surface area contributed by atoms with Crippen molar-refractivity contribution in [2.45, 2.75) is 25.7 Å². The molecule has 2 aliphatic rings. The predicted molar refractivity (Wildman–Crippen MR) is 116 cm³/mol. The van der Waals surface area contributed by atoms with Crippen LogP contribution in [0.25, 0.3) is 0 Å². The lowest BCUT2D eigenvalue weighted by Gasteiger charge is -2.22. The lowest BCUT2D eigenvalue weighted by atomic mass is 10.1. The van der Waals surface area contributed by atoms with E-state index in [-0.39, 0.29) is 6.09 Å². The number of anilines is 2. The number of aryl methyl sites for hydroxylation is 1. The monoisotopic (exact) mass is 390 g/mol. The topological polar surface area (TPSA) is 58.0 Å². The van der Waals surface area contributed by atoms with Gasteiger partial charge >= 0.3 is 6.09 Å². The number of aromatic nitrogens is 1. The van der Waals surface area contributed by atoms with E-state index in [4.69, 9.17) is 4.74 Å². The number of aliphatic imine (C=N–C) groups is 1. The zero-order chi connectivity index (χ0) is 20.1. The molecule has 4 rings (SSSR count). The summed E-state index contributed by atoms with van der Waals surface area (Å²) in [6, 6.07) is 10.2. The van der Waals surface area contributed by atoms with E-state index in [0.29, 0.717) is 6.61 Å². The number of allylic oxidation sites excluding steroid dienone is 1. The van der Waals surface area contributed by atoms with Crippen LogP contribution in [0, 0.1) is 0 Å². The normalized spacial score (nSPS) is 14.7. The Kier molecular flexibility index (Phi) is 5.89. The van der Waals surface area contributed by atoms with Gasteiger partial charge in [-0.2, -0.15) is 0 Å². The van der Waals surface area contributed by atoms with Crippen molar-refractivity contribution in [1.82, 2.24) is 4.98 Å². The van der Waals surface area contributed by atoms with Gasteiger partial charge in [0.05, 0.1) is 18.8 Å². The number of benzene rings is 1. The Morgan fingerprint density at radius 3 is 2.90 bits per heavy atom. The number of nitrogens with zero attached hydrogens (tertiary/aromatic N) is 4. The lowest BCUT2D eigenvalue weighted by molar-refractivity contribution is 0.153. The van der Waals surface area contributed by atoms with Crippen LogP contribution < -0.4 is 9.80 Å². The summed E-state index contributed by atoms with van der Waals surface area (Å²) in [6.07, 6.45) is 10.9. The number of hydrogen-bond acceptors (Lipinski definition) is 5. The zero-order valence-electron chi connectivity index (χ0n) is 16.8. The second-order valence-electron chi connectivity index (χ2n) is 7.36. The lowest BCUT2D eigenvalue weighted by Crippen LogP contribution is -2.28. The summed E-state index contributed by atoms with van der Waals surface area (Å²) in [5, 5.41) is 0. The van der Waals surface area contributed by atoms with Crippen molar-refractivity contribution >= 4 is 23.7 Å². The molecule has 6 heteroatoms. The zero-order valence-corrected chi connectivity index (χ0v) is 16.8. The Bertz CT molecular complexity index is 924. The van der Waals surface area contributed by atoms with E-state index in [1.807, 2.05) is 24.4 Å². The smallest absolute Gasteiger partial charge is 0.414 e. The van der Waals surface area contributed by atoms with Crippen LogP contribution in [-0.2, 0) is 17.6 Å². The minimum atomic E-state index is -0.327. The van der Waals surface area contributed by atoms with Gasteiger partial charge in [0.15, 0.2) is 0 Å². The fourth-order valence-electron chi connectivity index (χ4n) is 3.71. The van der Waals surface area contributed by atoms with Crippen LogP contribution in [0.15, 0.2) is 59.5 Å². The van der Waals surface area contributed by atoms with Gasteiger partial charge in [-0.15, -0.1) is 0 Å². The van der Waals surface area contributed by atoms with E-state index in [1.165, 1.54) is 16.8 Å². The molecule has 0 N–H and O–H groups in total. The SMILES string of the molecule is CN(C(=O)OCCCc1ccncc1)c1ccc2c(c1)N(CC1=CCC=N1)CC2. The maximum atomic E-state index is 12.5. The van der Waals surface area contributed by atoms with Gasteiger partial charge in [0.25, 0.3) is 0 Å². The van der Waals surface area contributed by atoms with Gasteiger partial charge in [0.2, 0.25) is 0 Å². The molecule has 1 aromatic carbocycles. The van der Waals surface area contributed by atoms with Crippen molar-refractivity contribution < 1.29 is 9.53 Å². The molecule has 0 bridgehead atoms. The average molecular weight is 390 g/mol.